The molecule has 1 aromatic rings. The lowest BCUT2D eigenvalue weighted by atomic mass is 9.84. The maximum atomic E-state index is 12.9. The number of fused-ring (bicyclic) bond motifs is 4. The Kier molecular flexibility index (Phi) is 5.14. The van der Waals surface area contributed by atoms with Crippen molar-refractivity contribution in [3.05, 3.63) is 17.5 Å². The van der Waals surface area contributed by atoms with Gasteiger partial charge in [-0.15, -0.1) is 0 Å². The van der Waals surface area contributed by atoms with Gasteiger partial charge in [-0.3, -0.25) is 14.3 Å². The van der Waals surface area contributed by atoms with Crippen molar-refractivity contribution in [1.82, 2.24) is 20.4 Å². The number of hydrogen-bond donors (Lipinski definition) is 2. The Labute approximate surface area is 179 Å². The van der Waals surface area contributed by atoms with Crippen molar-refractivity contribution in [2.75, 3.05) is 0 Å². The maximum absolute atomic E-state index is 12.9. The lowest BCUT2D eigenvalue weighted by molar-refractivity contribution is 0.0899. The molecule has 164 valence electrons. The van der Waals surface area contributed by atoms with Crippen LogP contribution in [0.15, 0.2) is 6.07 Å². The molecule has 4 aliphatic rings. The summed E-state index contributed by atoms with van der Waals surface area (Å²) >= 11 is 0. The fourth-order valence-electron chi connectivity index (χ4n) is 7.38. The third-order valence-electron chi connectivity index (χ3n) is 8.93. The predicted octanol–water partition coefficient (Wildman–Crippen LogP) is 3.53. The molecule has 0 unspecified atom stereocenters. The van der Waals surface area contributed by atoms with Crippen molar-refractivity contribution in [3.8, 4) is 0 Å². The van der Waals surface area contributed by atoms with Crippen LogP contribution in [0.3, 0.4) is 0 Å². The Morgan fingerprint density at radius 1 is 0.900 bits per heavy atom. The van der Waals surface area contributed by atoms with E-state index in [-0.39, 0.29) is 23.9 Å². The van der Waals surface area contributed by atoms with Crippen LogP contribution in [0.4, 0.5) is 0 Å². The first-order chi connectivity index (χ1) is 14.4. The van der Waals surface area contributed by atoms with Gasteiger partial charge < -0.3 is 10.6 Å². The van der Waals surface area contributed by atoms with Crippen LogP contribution in [-0.4, -0.2) is 33.7 Å². The average Bonchev–Trinajstić information content (AvgIpc) is 3.53. The van der Waals surface area contributed by atoms with Gasteiger partial charge in [-0.2, -0.15) is 5.10 Å². The highest BCUT2D eigenvalue weighted by Gasteiger charge is 2.43. The van der Waals surface area contributed by atoms with Crippen molar-refractivity contribution in [3.63, 3.8) is 0 Å². The van der Waals surface area contributed by atoms with Crippen LogP contribution < -0.4 is 10.6 Å². The molecule has 6 heteroatoms. The Balaban J connectivity index is 1.19. The first kappa shape index (κ1) is 20.1. The average molecular weight is 413 g/mol. The van der Waals surface area contributed by atoms with Gasteiger partial charge in [0.05, 0.1) is 0 Å². The molecule has 5 rings (SSSR count). The van der Waals surface area contributed by atoms with E-state index < -0.39 is 0 Å². The van der Waals surface area contributed by atoms with E-state index in [0.717, 1.165) is 23.7 Å². The molecule has 4 saturated carbocycles. The topological polar surface area (TPSA) is 76.0 Å². The molecule has 2 amide bonds. The van der Waals surface area contributed by atoms with Crippen LogP contribution in [0.5, 0.6) is 0 Å². The zero-order chi connectivity index (χ0) is 21.0. The largest absolute Gasteiger partial charge is 0.348 e. The van der Waals surface area contributed by atoms with E-state index in [4.69, 9.17) is 0 Å². The minimum Gasteiger partial charge on any atom is -0.348 e. The summed E-state index contributed by atoms with van der Waals surface area (Å²) < 4.78 is 1.54. The normalized spacial score (nSPS) is 36.1. The minimum atomic E-state index is -0.166. The number of carbonyl (C=O) groups excluding carboxylic acids is 2. The van der Waals surface area contributed by atoms with E-state index in [1.54, 1.807) is 17.8 Å². The number of rotatable bonds is 6. The maximum Gasteiger partial charge on any atom is 0.272 e. The Morgan fingerprint density at radius 2 is 1.43 bits per heavy atom. The quantitative estimate of drug-likeness (QED) is 0.750. The molecule has 0 radical (unpaired) electrons. The molecule has 4 bridgehead atoms. The number of hydrogen-bond acceptors (Lipinski definition) is 3. The molecule has 8 atom stereocenters. The summed E-state index contributed by atoms with van der Waals surface area (Å²) in [6.07, 6.45) is 10.5. The van der Waals surface area contributed by atoms with Gasteiger partial charge in [0, 0.05) is 25.2 Å². The third-order valence-corrected chi connectivity index (χ3v) is 8.93. The summed E-state index contributed by atoms with van der Waals surface area (Å²) in [5.74, 6) is 4.15. The molecular weight excluding hydrogens is 376 g/mol. The molecule has 30 heavy (non-hydrogen) atoms. The highest BCUT2D eigenvalue weighted by Crippen LogP contribution is 2.50. The second kappa shape index (κ2) is 7.69. The molecule has 4 aliphatic carbocycles. The van der Waals surface area contributed by atoms with Crippen LogP contribution in [-0.2, 0) is 7.05 Å². The fourth-order valence-corrected chi connectivity index (χ4v) is 7.38. The smallest absolute Gasteiger partial charge is 0.272 e. The van der Waals surface area contributed by atoms with Crippen molar-refractivity contribution in [2.45, 2.75) is 77.3 Å². The second-order valence-corrected chi connectivity index (χ2v) is 10.7. The second-order valence-electron chi connectivity index (χ2n) is 10.7. The number of aryl methyl sites for hydroxylation is 1. The third kappa shape index (κ3) is 3.56. The molecule has 6 nitrogen and oxygen atoms in total. The van der Waals surface area contributed by atoms with E-state index in [9.17, 15) is 9.59 Å². The number of aromatic nitrogens is 2. The summed E-state index contributed by atoms with van der Waals surface area (Å²) in [4.78, 5) is 25.7. The first-order valence-electron chi connectivity index (χ1n) is 12.0. The lowest BCUT2D eigenvalue weighted by Crippen LogP contribution is -2.40. The Hall–Kier alpha value is -1.85. The zero-order valence-corrected chi connectivity index (χ0v) is 18.6. The van der Waals surface area contributed by atoms with E-state index in [0.29, 0.717) is 23.2 Å². The highest BCUT2D eigenvalue weighted by molar-refractivity contribution is 5.98. The monoisotopic (exact) mass is 412 g/mol. The standard InChI is InChI=1S/C24H36N4O2/c1-13(19-10-15-4-6-17(19)8-15)25-23(29)21-12-22(28(3)27-21)24(30)26-14(2)20-11-16-5-7-18(20)9-16/h12-20H,4-11H2,1-3H3,(H,25,29)(H,26,30)/t13-,14+,15-,16-,17-,18-,19-,20-/m0/s1. The van der Waals surface area contributed by atoms with Crippen molar-refractivity contribution < 1.29 is 9.59 Å². The summed E-state index contributed by atoms with van der Waals surface area (Å²) in [6, 6.07) is 1.97. The minimum absolute atomic E-state index is 0.125. The van der Waals surface area contributed by atoms with E-state index in [2.05, 4.69) is 29.6 Å². The van der Waals surface area contributed by atoms with Gasteiger partial charge in [0.2, 0.25) is 0 Å². The van der Waals surface area contributed by atoms with Gasteiger partial charge in [-0.1, -0.05) is 12.8 Å². The Bertz CT molecular complexity index is 833. The van der Waals surface area contributed by atoms with E-state index in [1.165, 1.54) is 51.4 Å². The summed E-state index contributed by atoms with van der Waals surface area (Å²) in [5, 5.41) is 10.7. The number of carbonyl (C=O) groups is 2. The van der Waals surface area contributed by atoms with Crippen LogP contribution in [0.25, 0.3) is 0 Å². The van der Waals surface area contributed by atoms with Gasteiger partial charge in [-0.05, 0) is 87.9 Å². The molecule has 4 fully saturated rings. The highest BCUT2D eigenvalue weighted by atomic mass is 16.2. The van der Waals surface area contributed by atoms with Crippen LogP contribution in [0.2, 0.25) is 0 Å². The molecule has 0 aromatic carbocycles. The molecule has 0 aliphatic heterocycles. The molecule has 0 saturated heterocycles. The van der Waals surface area contributed by atoms with Crippen LogP contribution >= 0.6 is 0 Å². The number of nitrogens with one attached hydrogen (secondary N) is 2. The van der Waals surface area contributed by atoms with Gasteiger partial charge in [0.1, 0.15) is 5.69 Å². The van der Waals surface area contributed by atoms with Gasteiger partial charge in [0.25, 0.3) is 11.8 Å². The summed E-state index contributed by atoms with van der Waals surface area (Å²) in [5.41, 5.74) is 0.799. The summed E-state index contributed by atoms with van der Waals surface area (Å²) in [6.45, 7) is 4.25. The van der Waals surface area contributed by atoms with Crippen molar-refractivity contribution in [2.24, 2.45) is 42.6 Å². The van der Waals surface area contributed by atoms with E-state index >= 15 is 0 Å². The van der Waals surface area contributed by atoms with Gasteiger partial charge >= 0.3 is 0 Å². The Morgan fingerprint density at radius 3 is 1.90 bits per heavy atom. The van der Waals surface area contributed by atoms with Crippen molar-refractivity contribution in [1.29, 1.82) is 0 Å². The predicted molar refractivity (Wildman–Crippen MR) is 115 cm³/mol. The van der Waals surface area contributed by atoms with Crippen LogP contribution in [0.1, 0.15) is 86.2 Å². The first-order valence-corrected chi connectivity index (χ1v) is 12.0. The molecular formula is C24H36N4O2. The van der Waals surface area contributed by atoms with Crippen LogP contribution in [0, 0.1) is 35.5 Å². The molecule has 0 spiro atoms. The number of amides is 2. The van der Waals surface area contributed by atoms with Gasteiger partial charge in [-0.25, -0.2) is 0 Å². The molecule has 2 N–H and O–H groups in total. The number of nitrogens with zero attached hydrogens (tertiary/aromatic N) is 2. The van der Waals surface area contributed by atoms with E-state index in [1.807, 2.05) is 0 Å². The van der Waals surface area contributed by atoms with Gasteiger partial charge in [0.15, 0.2) is 5.69 Å². The molecule has 1 heterocycles. The lowest BCUT2D eigenvalue weighted by Gasteiger charge is -2.28. The fraction of sp³-hybridized carbons (Fsp3) is 0.792. The SMILES string of the molecule is C[C@H](NC(=O)c1cc(C(=O)N[C@H](C)[C@@H]2C[C@H]3CC[C@H]2C3)n(C)n1)[C@@H]1C[C@H]2CC[C@H]1C2. The molecule has 1 aromatic heterocycles. The zero-order valence-electron chi connectivity index (χ0n) is 18.6. The van der Waals surface area contributed by atoms with Crippen molar-refractivity contribution >= 4 is 11.8 Å². The summed E-state index contributed by atoms with van der Waals surface area (Å²) in [7, 11) is 1.74.